The molecule has 2 aliphatic rings. The van der Waals surface area contributed by atoms with E-state index >= 15 is 0 Å². The van der Waals surface area contributed by atoms with Gasteiger partial charge in [0.05, 0.1) is 5.69 Å². The molecule has 2 fully saturated rings. The number of hydrogen-bond donors (Lipinski definition) is 1. The summed E-state index contributed by atoms with van der Waals surface area (Å²) in [5, 5.41) is 3.11. The number of nitrogens with zero attached hydrogens (tertiary/aromatic N) is 2. The monoisotopic (exact) mass is 385 g/mol. The van der Waals surface area contributed by atoms with E-state index in [9.17, 15) is 4.79 Å². The second kappa shape index (κ2) is 6.55. The van der Waals surface area contributed by atoms with Crippen LogP contribution in [0.4, 0.5) is 11.5 Å². The van der Waals surface area contributed by atoms with E-state index < -0.39 is 0 Å². The number of amides is 1. The number of carbonyl (C=O) groups excluding carboxylic acids is 1. The van der Waals surface area contributed by atoms with Crippen LogP contribution in [0.5, 0.6) is 0 Å². The molecular weight excluding hydrogens is 366 g/mol. The number of benzene rings is 1. The molecule has 2 atom stereocenters. The van der Waals surface area contributed by atoms with Crippen LogP contribution in [0.15, 0.2) is 47.1 Å². The van der Waals surface area contributed by atoms with Gasteiger partial charge in [-0.15, -0.1) is 0 Å². The number of halogens is 1. The lowest BCUT2D eigenvalue weighted by atomic mass is 10.1. The van der Waals surface area contributed by atoms with Crippen molar-refractivity contribution in [2.75, 3.05) is 23.3 Å². The first-order chi connectivity index (χ1) is 11.7. The van der Waals surface area contributed by atoms with E-state index in [4.69, 9.17) is 0 Å². The van der Waals surface area contributed by atoms with E-state index in [0.29, 0.717) is 5.92 Å². The van der Waals surface area contributed by atoms with Gasteiger partial charge in [-0.25, -0.2) is 4.98 Å². The minimum atomic E-state index is 0.0674. The lowest BCUT2D eigenvalue weighted by Crippen LogP contribution is -2.23. The summed E-state index contributed by atoms with van der Waals surface area (Å²) in [5.74, 6) is 1.42. The summed E-state index contributed by atoms with van der Waals surface area (Å²) in [4.78, 5) is 19.4. The molecule has 1 saturated heterocycles. The molecule has 0 bridgehead atoms. The first-order valence-corrected chi connectivity index (χ1v) is 9.28. The van der Waals surface area contributed by atoms with Crippen LogP contribution in [0.1, 0.15) is 30.7 Å². The predicted molar refractivity (Wildman–Crippen MR) is 99.3 cm³/mol. The van der Waals surface area contributed by atoms with E-state index in [2.05, 4.69) is 43.3 Å². The number of aromatic nitrogens is 1. The highest BCUT2D eigenvalue weighted by Gasteiger charge is 2.44. The Kier molecular flexibility index (Phi) is 4.27. The maximum absolute atomic E-state index is 12.6. The van der Waals surface area contributed by atoms with Crippen molar-refractivity contribution in [2.45, 2.75) is 25.2 Å². The molecular formula is C19H20BrN3O. The Labute approximate surface area is 150 Å². The van der Waals surface area contributed by atoms with Crippen molar-refractivity contribution in [1.82, 2.24) is 4.98 Å². The standard InChI is InChI=1S/C19H20BrN3O/c20-14-7-5-13(6-8-14)15-12-16(15)19(24)22-17-4-3-9-21-18(17)23-10-1-2-11-23/h3-9,15-16H,1-2,10-12H2,(H,22,24). The van der Waals surface area contributed by atoms with Crippen molar-refractivity contribution in [3.63, 3.8) is 0 Å². The molecule has 1 N–H and O–H groups in total. The number of nitrogens with one attached hydrogen (secondary N) is 1. The van der Waals surface area contributed by atoms with Crippen LogP contribution >= 0.6 is 15.9 Å². The van der Waals surface area contributed by atoms with Gasteiger partial charge in [0, 0.05) is 29.7 Å². The average Bonchev–Trinajstić information content (AvgIpc) is 3.21. The Bertz CT molecular complexity index is 741. The van der Waals surface area contributed by atoms with Crippen LogP contribution in [0, 0.1) is 5.92 Å². The Hall–Kier alpha value is -1.88. The molecule has 5 heteroatoms. The third kappa shape index (κ3) is 3.18. The highest BCUT2D eigenvalue weighted by molar-refractivity contribution is 9.10. The van der Waals surface area contributed by atoms with Crippen LogP contribution in [0.2, 0.25) is 0 Å². The van der Waals surface area contributed by atoms with Crippen molar-refractivity contribution in [1.29, 1.82) is 0 Å². The number of hydrogen-bond acceptors (Lipinski definition) is 3. The summed E-state index contributed by atoms with van der Waals surface area (Å²) in [6.45, 7) is 2.04. The van der Waals surface area contributed by atoms with Crippen molar-refractivity contribution in [3.05, 3.63) is 52.6 Å². The van der Waals surface area contributed by atoms with Gasteiger partial charge >= 0.3 is 0 Å². The Morgan fingerprint density at radius 3 is 2.67 bits per heavy atom. The van der Waals surface area contributed by atoms with E-state index in [0.717, 1.165) is 35.5 Å². The highest BCUT2D eigenvalue weighted by atomic mass is 79.9. The Morgan fingerprint density at radius 2 is 1.92 bits per heavy atom. The predicted octanol–water partition coefficient (Wildman–Crippen LogP) is 4.19. The number of pyridine rings is 1. The lowest BCUT2D eigenvalue weighted by molar-refractivity contribution is -0.117. The molecule has 2 unspecified atom stereocenters. The van der Waals surface area contributed by atoms with Gasteiger partial charge in [0.15, 0.2) is 5.82 Å². The molecule has 4 nitrogen and oxygen atoms in total. The molecule has 2 heterocycles. The molecule has 1 aliphatic carbocycles. The molecule has 1 aromatic carbocycles. The molecule has 2 aromatic rings. The molecule has 0 radical (unpaired) electrons. The first-order valence-electron chi connectivity index (χ1n) is 8.48. The van der Waals surface area contributed by atoms with Gasteiger partial charge < -0.3 is 10.2 Å². The zero-order valence-corrected chi connectivity index (χ0v) is 15.0. The topological polar surface area (TPSA) is 45.2 Å². The molecule has 4 rings (SSSR count). The summed E-state index contributed by atoms with van der Waals surface area (Å²) in [7, 11) is 0. The fourth-order valence-electron chi connectivity index (χ4n) is 3.46. The third-order valence-electron chi connectivity index (χ3n) is 4.88. The molecule has 1 aliphatic heterocycles. The van der Waals surface area contributed by atoms with Crippen LogP contribution in [-0.4, -0.2) is 24.0 Å². The zero-order valence-electron chi connectivity index (χ0n) is 13.4. The maximum Gasteiger partial charge on any atom is 0.228 e. The molecule has 0 spiro atoms. The summed E-state index contributed by atoms with van der Waals surface area (Å²) in [6, 6.07) is 12.1. The van der Waals surface area contributed by atoms with E-state index in [-0.39, 0.29) is 11.8 Å². The minimum absolute atomic E-state index is 0.0674. The summed E-state index contributed by atoms with van der Waals surface area (Å²) in [6.07, 6.45) is 5.11. The van der Waals surface area contributed by atoms with Gasteiger partial charge in [-0.2, -0.15) is 0 Å². The Morgan fingerprint density at radius 1 is 1.17 bits per heavy atom. The molecule has 124 valence electrons. The number of rotatable bonds is 4. The van der Waals surface area contributed by atoms with Gasteiger partial charge in [-0.1, -0.05) is 28.1 Å². The third-order valence-corrected chi connectivity index (χ3v) is 5.40. The quantitative estimate of drug-likeness (QED) is 0.857. The number of anilines is 2. The van der Waals surface area contributed by atoms with Crippen LogP contribution in [-0.2, 0) is 4.79 Å². The second-order valence-corrected chi connectivity index (χ2v) is 7.47. The SMILES string of the molecule is O=C(Nc1cccnc1N1CCCC1)C1CC1c1ccc(Br)cc1. The summed E-state index contributed by atoms with van der Waals surface area (Å²) < 4.78 is 1.07. The second-order valence-electron chi connectivity index (χ2n) is 6.56. The van der Waals surface area contributed by atoms with Crippen molar-refractivity contribution < 1.29 is 4.79 Å². The van der Waals surface area contributed by atoms with Crippen molar-refractivity contribution >= 4 is 33.3 Å². The van der Waals surface area contributed by atoms with Crippen LogP contribution in [0.3, 0.4) is 0 Å². The fourth-order valence-corrected chi connectivity index (χ4v) is 3.73. The first kappa shape index (κ1) is 15.6. The summed E-state index contributed by atoms with van der Waals surface area (Å²) >= 11 is 3.45. The van der Waals surface area contributed by atoms with Gasteiger partial charge in [-0.3, -0.25) is 4.79 Å². The van der Waals surface area contributed by atoms with E-state index in [1.54, 1.807) is 6.20 Å². The van der Waals surface area contributed by atoms with Crippen LogP contribution in [0.25, 0.3) is 0 Å². The van der Waals surface area contributed by atoms with Gasteiger partial charge in [0.25, 0.3) is 0 Å². The molecule has 1 aromatic heterocycles. The van der Waals surface area contributed by atoms with E-state index in [1.807, 2.05) is 24.3 Å². The van der Waals surface area contributed by atoms with Gasteiger partial charge in [0.1, 0.15) is 0 Å². The number of carbonyl (C=O) groups is 1. The maximum atomic E-state index is 12.6. The average molecular weight is 386 g/mol. The molecule has 24 heavy (non-hydrogen) atoms. The largest absolute Gasteiger partial charge is 0.355 e. The summed E-state index contributed by atoms with van der Waals surface area (Å²) in [5.41, 5.74) is 2.08. The zero-order chi connectivity index (χ0) is 16.5. The van der Waals surface area contributed by atoms with Gasteiger partial charge in [-0.05, 0) is 55.0 Å². The van der Waals surface area contributed by atoms with Crippen molar-refractivity contribution in [2.24, 2.45) is 5.92 Å². The molecule has 1 amide bonds. The smallest absolute Gasteiger partial charge is 0.228 e. The Balaban J connectivity index is 1.45. The van der Waals surface area contributed by atoms with Crippen molar-refractivity contribution in [3.8, 4) is 0 Å². The van der Waals surface area contributed by atoms with Crippen LogP contribution < -0.4 is 10.2 Å². The van der Waals surface area contributed by atoms with E-state index in [1.165, 1.54) is 18.4 Å². The fraction of sp³-hybridized carbons (Fsp3) is 0.368. The lowest BCUT2D eigenvalue weighted by Gasteiger charge is -2.20. The minimum Gasteiger partial charge on any atom is -0.355 e. The van der Waals surface area contributed by atoms with Gasteiger partial charge in [0.2, 0.25) is 5.91 Å². The highest BCUT2D eigenvalue weighted by Crippen LogP contribution is 2.48. The normalized spacial score (nSPS) is 22.5. The molecule has 1 saturated carbocycles.